The molecule has 0 bridgehead atoms. The van der Waals surface area contributed by atoms with Gasteiger partial charge >= 0.3 is 0 Å². The summed E-state index contributed by atoms with van der Waals surface area (Å²) in [6.45, 7) is 17.9. The molecule has 2 rings (SSSR count). The van der Waals surface area contributed by atoms with E-state index in [-0.39, 0.29) is 0 Å². The number of hydrogen-bond acceptors (Lipinski definition) is 5. The third-order valence-corrected chi connectivity index (χ3v) is 4.92. The molecule has 0 saturated carbocycles. The van der Waals surface area contributed by atoms with E-state index in [1.807, 2.05) is 0 Å². The van der Waals surface area contributed by atoms with E-state index in [1.54, 1.807) is 0 Å². The van der Waals surface area contributed by atoms with E-state index < -0.39 is 0 Å². The quantitative estimate of drug-likeness (QED) is 0.536. The van der Waals surface area contributed by atoms with Gasteiger partial charge in [0.05, 0.1) is 6.54 Å². The highest BCUT2D eigenvalue weighted by Crippen LogP contribution is 2.18. The molecule has 1 unspecified atom stereocenters. The normalized spacial score (nSPS) is 18.3. The van der Waals surface area contributed by atoms with Crippen LogP contribution in [0.3, 0.4) is 0 Å². The van der Waals surface area contributed by atoms with E-state index in [1.165, 1.54) is 13.0 Å². The van der Waals surface area contributed by atoms with Crippen molar-refractivity contribution in [1.82, 2.24) is 25.3 Å². The van der Waals surface area contributed by atoms with Crippen LogP contribution in [0, 0.1) is 5.92 Å². The van der Waals surface area contributed by atoms with Crippen molar-refractivity contribution in [3.8, 4) is 0 Å². The molecule has 0 radical (unpaired) electrons. The van der Waals surface area contributed by atoms with Crippen LogP contribution in [0.4, 0.5) is 0 Å². The predicted octanol–water partition coefficient (Wildman–Crippen LogP) is 2.36. The van der Waals surface area contributed by atoms with Gasteiger partial charge in [0.15, 0.2) is 11.8 Å². The third kappa shape index (κ3) is 5.97. The summed E-state index contributed by atoms with van der Waals surface area (Å²) < 4.78 is 5.31. The highest BCUT2D eigenvalue weighted by molar-refractivity contribution is 5.80. The Morgan fingerprint density at radius 2 is 2.12 bits per heavy atom. The Morgan fingerprint density at radius 3 is 2.73 bits per heavy atom. The lowest BCUT2D eigenvalue weighted by Gasteiger charge is -2.24. The molecule has 148 valence electrons. The van der Waals surface area contributed by atoms with E-state index in [4.69, 9.17) is 9.52 Å². The zero-order chi connectivity index (χ0) is 18.9. The number of aliphatic imine (C=N–C) groups is 1. The highest BCUT2D eigenvalue weighted by Gasteiger charge is 2.25. The minimum Gasteiger partial charge on any atom is -0.357 e. The van der Waals surface area contributed by atoms with Gasteiger partial charge < -0.3 is 19.6 Å². The number of hydrogen-bond donors (Lipinski definition) is 1. The molecule has 1 saturated heterocycles. The second-order valence-corrected chi connectivity index (χ2v) is 7.27. The Hall–Kier alpha value is -1.63. The molecular formula is C19H36N6O. The first kappa shape index (κ1) is 20.7. The summed E-state index contributed by atoms with van der Waals surface area (Å²) in [4.78, 5) is 14.1. The van der Waals surface area contributed by atoms with Gasteiger partial charge in [0.25, 0.3) is 0 Å². The molecule has 1 aromatic rings. The molecule has 1 atom stereocenters. The standard InChI is InChI=1S/C19H36N6O/c1-6-20-19(21-11-9-17-22-18(15(4)5)23-26-17)25-12-10-16(14-25)13-24(7-2)8-3/h15-16H,6-14H2,1-5H3,(H,20,21). The molecule has 2 heterocycles. The van der Waals surface area contributed by atoms with Gasteiger partial charge in [-0.15, -0.1) is 0 Å². The van der Waals surface area contributed by atoms with Gasteiger partial charge in [-0.1, -0.05) is 32.9 Å². The highest BCUT2D eigenvalue weighted by atomic mass is 16.5. The van der Waals surface area contributed by atoms with Crippen LogP contribution in [0.1, 0.15) is 58.7 Å². The largest absolute Gasteiger partial charge is 0.357 e. The fourth-order valence-electron chi connectivity index (χ4n) is 3.31. The summed E-state index contributed by atoms with van der Waals surface area (Å²) >= 11 is 0. The fraction of sp³-hybridized carbons (Fsp3) is 0.842. The Morgan fingerprint density at radius 1 is 1.35 bits per heavy atom. The smallest absolute Gasteiger partial charge is 0.228 e. The van der Waals surface area contributed by atoms with Crippen molar-refractivity contribution in [2.45, 2.75) is 53.4 Å². The van der Waals surface area contributed by atoms with Gasteiger partial charge in [-0.3, -0.25) is 4.99 Å². The van der Waals surface area contributed by atoms with Crippen LogP contribution in [0.25, 0.3) is 0 Å². The zero-order valence-corrected chi connectivity index (χ0v) is 17.2. The molecule has 0 aliphatic carbocycles. The molecule has 0 amide bonds. The van der Waals surface area contributed by atoms with Crippen molar-refractivity contribution in [1.29, 1.82) is 0 Å². The molecule has 1 N–H and O–H groups in total. The van der Waals surface area contributed by atoms with E-state index in [0.717, 1.165) is 50.4 Å². The van der Waals surface area contributed by atoms with Crippen molar-refractivity contribution < 1.29 is 4.52 Å². The van der Waals surface area contributed by atoms with Crippen molar-refractivity contribution in [3.63, 3.8) is 0 Å². The van der Waals surface area contributed by atoms with E-state index in [2.05, 4.69) is 59.9 Å². The van der Waals surface area contributed by atoms with Crippen molar-refractivity contribution in [2.24, 2.45) is 10.9 Å². The van der Waals surface area contributed by atoms with Gasteiger partial charge in [0.2, 0.25) is 5.89 Å². The number of nitrogens with zero attached hydrogens (tertiary/aromatic N) is 5. The average Bonchev–Trinajstić information content (AvgIpc) is 3.28. The molecule has 1 fully saturated rings. The molecule has 7 heteroatoms. The summed E-state index contributed by atoms with van der Waals surface area (Å²) in [5.74, 6) is 3.48. The van der Waals surface area contributed by atoms with Crippen LogP contribution in [0.15, 0.2) is 9.52 Å². The van der Waals surface area contributed by atoms with Gasteiger partial charge in [0, 0.05) is 38.5 Å². The first-order valence-electron chi connectivity index (χ1n) is 10.1. The maximum Gasteiger partial charge on any atom is 0.228 e. The van der Waals surface area contributed by atoms with Gasteiger partial charge in [-0.05, 0) is 32.4 Å². The van der Waals surface area contributed by atoms with Crippen molar-refractivity contribution in [3.05, 3.63) is 11.7 Å². The lowest BCUT2D eigenvalue weighted by Crippen LogP contribution is -2.41. The molecule has 0 spiro atoms. The second kappa shape index (κ2) is 10.5. The maximum atomic E-state index is 5.31. The zero-order valence-electron chi connectivity index (χ0n) is 17.2. The number of rotatable bonds is 9. The first-order valence-corrected chi connectivity index (χ1v) is 10.1. The summed E-state index contributed by atoms with van der Waals surface area (Å²) in [6.07, 6.45) is 1.92. The maximum absolute atomic E-state index is 5.31. The Labute approximate surface area is 158 Å². The predicted molar refractivity (Wildman–Crippen MR) is 106 cm³/mol. The minimum absolute atomic E-state index is 0.292. The fourth-order valence-corrected chi connectivity index (χ4v) is 3.31. The van der Waals surface area contributed by atoms with Gasteiger partial charge in [0.1, 0.15) is 0 Å². The number of likely N-dealkylation sites (tertiary alicyclic amines) is 1. The van der Waals surface area contributed by atoms with E-state index >= 15 is 0 Å². The Kier molecular flexibility index (Phi) is 8.35. The molecule has 7 nitrogen and oxygen atoms in total. The van der Waals surface area contributed by atoms with Crippen molar-refractivity contribution >= 4 is 5.96 Å². The van der Waals surface area contributed by atoms with E-state index in [9.17, 15) is 0 Å². The van der Waals surface area contributed by atoms with Crippen LogP contribution in [0.2, 0.25) is 0 Å². The van der Waals surface area contributed by atoms with Crippen LogP contribution < -0.4 is 5.32 Å². The molecule has 1 aromatic heterocycles. The molecule has 0 aromatic carbocycles. The van der Waals surface area contributed by atoms with Gasteiger partial charge in [-0.2, -0.15) is 4.98 Å². The average molecular weight is 365 g/mol. The molecule has 1 aliphatic rings. The summed E-state index contributed by atoms with van der Waals surface area (Å²) in [7, 11) is 0. The Balaban J connectivity index is 1.87. The van der Waals surface area contributed by atoms with Crippen LogP contribution in [0.5, 0.6) is 0 Å². The van der Waals surface area contributed by atoms with E-state index in [0.29, 0.717) is 24.8 Å². The molecule has 26 heavy (non-hydrogen) atoms. The molecule has 1 aliphatic heterocycles. The van der Waals surface area contributed by atoms with Crippen LogP contribution >= 0.6 is 0 Å². The van der Waals surface area contributed by atoms with Crippen LogP contribution in [-0.4, -0.2) is 71.7 Å². The monoisotopic (exact) mass is 364 g/mol. The molecular weight excluding hydrogens is 328 g/mol. The lowest BCUT2D eigenvalue weighted by molar-refractivity contribution is 0.255. The summed E-state index contributed by atoms with van der Waals surface area (Å²) in [6, 6.07) is 0. The second-order valence-electron chi connectivity index (χ2n) is 7.27. The third-order valence-electron chi connectivity index (χ3n) is 4.92. The van der Waals surface area contributed by atoms with Crippen LogP contribution in [-0.2, 0) is 6.42 Å². The summed E-state index contributed by atoms with van der Waals surface area (Å²) in [5.41, 5.74) is 0. The van der Waals surface area contributed by atoms with Gasteiger partial charge in [-0.25, -0.2) is 0 Å². The first-order chi connectivity index (χ1) is 12.6. The number of guanidine groups is 1. The minimum atomic E-state index is 0.292. The number of nitrogens with one attached hydrogen (secondary N) is 1. The number of aromatic nitrogens is 2. The SMILES string of the molecule is CCNC(=NCCc1nc(C(C)C)no1)N1CCC(CN(CC)CC)C1. The lowest BCUT2D eigenvalue weighted by atomic mass is 10.1. The summed E-state index contributed by atoms with van der Waals surface area (Å²) in [5, 5.41) is 7.45. The topological polar surface area (TPSA) is 69.8 Å². The Bertz CT molecular complexity index is 552. The van der Waals surface area contributed by atoms with Crippen molar-refractivity contribution in [2.75, 3.05) is 45.8 Å².